The highest BCUT2D eigenvalue weighted by molar-refractivity contribution is 6.33. The van der Waals surface area contributed by atoms with Gasteiger partial charge in [-0.3, -0.25) is 10.1 Å². The van der Waals surface area contributed by atoms with Crippen LogP contribution in [0.5, 0.6) is 0 Å². The zero-order valence-electron chi connectivity index (χ0n) is 8.69. The number of amides is 1. The molecule has 8 heteroatoms. The van der Waals surface area contributed by atoms with Crippen molar-refractivity contribution in [3.63, 3.8) is 0 Å². The minimum absolute atomic E-state index is 0.00664. The number of halogens is 3. The highest BCUT2D eigenvalue weighted by atomic mass is 35.5. The third-order valence-electron chi connectivity index (χ3n) is 1.90. The van der Waals surface area contributed by atoms with Gasteiger partial charge in [0, 0.05) is 6.20 Å². The number of carbonyl (C=O) groups is 1. The van der Waals surface area contributed by atoms with E-state index >= 15 is 0 Å². The summed E-state index contributed by atoms with van der Waals surface area (Å²) in [4.78, 5) is 22.8. The summed E-state index contributed by atoms with van der Waals surface area (Å²) in [5.41, 5.74) is -0.111. The number of nitrogens with one attached hydrogen (secondary N) is 1. The molecule has 0 radical (unpaired) electrons. The van der Waals surface area contributed by atoms with E-state index in [1.807, 2.05) is 0 Å². The standard InChI is InChI=1S/C10H5Cl2FN4O/c11-7-1-2-14-10(16-7)17-9(18)6-3-5(13)4-15-8(6)12/h1-4H,(H,14,16,17,18). The summed E-state index contributed by atoms with van der Waals surface area (Å²) in [5, 5.41) is 2.39. The van der Waals surface area contributed by atoms with E-state index in [1.54, 1.807) is 0 Å². The zero-order chi connectivity index (χ0) is 13.1. The molecule has 5 nitrogen and oxygen atoms in total. The summed E-state index contributed by atoms with van der Waals surface area (Å²) in [6, 6.07) is 2.42. The van der Waals surface area contributed by atoms with E-state index in [0.29, 0.717) is 0 Å². The Labute approximate surface area is 111 Å². The third-order valence-corrected chi connectivity index (χ3v) is 2.41. The van der Waals surface area contributed by atoms with Crippen LogP contribution in [0.3, 0.4) is 0 Å². The van der Waals surface area contributed by atoms with Gasteiger partial charge in [0.05, 0.1) is 11.8 Å². The van der Waals surface area contributed by atoms with Crippen LogP contribution in [-0.4, -0.2) is 20.9 Å². The topological polar surface area (TPSA) is 67.8 Å². The van der Waals surface area contributed by atoms with Gasteiger partial charge in [0.15, 0.2) is 0 Å². The molecule has 0 aliphatic carbocycles. The Morgan fingerprint density at radius 3 is 2.83 bits per heavy atom. The van der Waals surface area contributed by atoms with Crippen LogP contribution >= 0.6 is 23.2 Å². The quantitative estimate of drug-likeness (QED) is 0.681. The smallest absolute Gasteiger partial charge is 0.261 e. The van der Waals surface area contributed by atoms with Gasteiger partial charge in [0.1, 0.15) is 16.1 Å². The van der Waals surface area contributed by atoms with Crippen molar-refractivity contribution in [3.05, 3.63) is 46.2 Å². The number of hydrogen-bond acceptors (Lipinski definition) is 4. The van der Waals surface area contributed by atoms with Gasteiger partial charge in [0.2, 0.25) is 5.95 Å². The van der Waals surface area contributed by atoms with Crippen molar-refractivity contribution in [2.75, 3.05) is 5.32 Å². The van der Waals surface area contributed by atoms with Gasteiger partial charge in [-0.1, -0.05) is 23.2 Å². The first-order valence-corrected chi connectivity index (χ1v) is 5.43. The molecule has 2 aromatic heterocycles. The molecule has 0 saturated carbocycles. The van der Waals surface area contributed by atoms with Crippen LogP contribution in [0.2, 0.25) is 10.3 Å². The van der Waals surface area contributed by atoms with Crippen LogP contribution in [0, 0.1) is 5.82 Å². The van der Waals surface area contributed by atoms with Crippen LogP contribution in [0.15, 0.2) is 24.5 Å². The minimum Gasteiger partial charge on any atom is -0.290 e. The van der Waals surface area contributed by atoms with Crippen molar-refractivity contribution in [1.29, 1.82) is 0 Å². The summed E-state index contributed by atoms with van der Waals surface area (Å²) in [6.07, 6.45) is 2.28. The molecule has 0 atom stereocenters. The molecule has 0 unspecified atom stereocenters. The maximum absolute atomic E-state index is 13.0. The average molecular weight is 287 g/mol. The molecule has 0 saturated heterocycles. The minimum atomic E-state index is -0.672. The number of pyridine rings is 1. The van der Waals surface area contributed by atoms with E-state index < -0.39 is 11.7 Å². The number of nitrogens with zero attached hydrogens (tertiary/aromatic N) is 3. The van der Waals surface area contributed by atoms with E-state index in [-0.39, 0.29) is 21.8 Å². The lowest BCUT2D eigenvalue weighted by molar-refractivity contribution is 0.102. The van der Waals surface area contributed by atoms with Gasteiger partial charge in [-0.05, 0) is 12.1 Å². The van der Waals surface area contributed by atoms with Gasteiger partial charge in [-0.15, -0.1) is 0 Å². The van der Waals surface area contributed by atoms with E-state index in [9.17, 15) is 9.18 Å². The fraction of sp³-hybridized carbons (Fsp3) is 0. The van der Waals surface area contributed by atoms with E-state index in [1.165, 1.54) is 12.3 Å². The number of rotatable bonds is 2. The van der Waals surface area contributed by atoms with E-state index in [4.69, 9.17) is 23.2 Å². The van der Waals surface area contributed by atoms with Gasteiger partial charge in [-0.2, -0.15) is 0 Å². The van der Waals surface area contributed by atoms with Gasteiger partial charge in [0.25, 0.3) is 5.91 Å². The predicted octanol–water partition coefficient (Wildman–Crippen LogP) is 2.57. The first-order chi connectivity index (χ1) is 8.56. The Bertz CT molecular complexity index is 608. The largest absolute Gasteiger partial charge is 0.290 e. The summed E-state index contributed by atoms with van der Waals surface area (Å²) in [7, 11) is 0. The molecule has 2 rings (SSSR count). The molecule has 0 aromatic carbocycles. The Morgan fingerprint density at radius 1 is 1.33 bits per heavy atom. The Morgan fingerprint density at radius 2 is 2.11 bits per heavy atom. The first kappa shape index (κ1) is 12.7. The molecule has 0 aliphatic rings. The number of carbonyl (C=O) groups excluding carboxylic acids is 1. The summed E-state index contributed by atoms with van der Waals surface area (Å²) >= 11 is 11.3. The predicted molar refractivity (Wildman–Crippen MR) is 64.2 cm³/mol. The molecule has 0 fully saturated rings. The maximum atomic E-state index is 13.0. The fourth-order valence-electron chi connectivity index (χ4n) is 1.15. The third kappa shape index (κ3) is 2.91. The second-order valence-electron chi connectivity index (χ2n) is 3.15. The molecule has 2 aromatic rings. The molecule has 92 valence electrons. The van der Waals surface area contributed by atoms with E-state index in [2.05, 4.69) is 20.3 Å². The summed E-state index contributed by atoms with van der Waals surface area (Å²) < 4.78 is 13.0. The molecule has 1 amide bonds. The molecule has 0 aliphatic heterocycles. The molecule has 1 N–H and O–H groups in total. The van der Waals surface area contributed by atoms with Crippen LogP contribution in [-0.2, 0) is 0 Å². The second kappa shape index (κ2) is 5.24. The zero-order valence-corrected chi connectivity index (χ0v) is 10.2. The van der Waals surface area contributed by atoms with Crippen LogP contribution in [0.25, 0.3) is 0 Å². The molecule has 0 bridgehead atoms. The van der Waals surface area contributed by atoms with Gasteiger partial charge >= 0.3 is 0 Å². The normalized spacial score (nSPS) is 10.2. The van der Waals surface area contributed by atoms with Crippen LogP contribution in [0.4, 0.5) is 10.3 Å². The van der Waals surface area contributed by atoms with E-state index in [0.717, 1.165) is 12.3 Å². The lowest BCUT2D eigenvalue weighted by Crippen LogP contribution is -2.15. The lowest BCUT2D eigenvalue weighted by Gasteiger charge is -2.04. The molecular weight excluding hydrogens is 282 g/mol. The molecule has 18 heavy (non-hydrogen) atoms. The monoisotopic (exact) mass is 286 g/mol. The number of aromatic nitrogens is 3. The fourth-order valence-corrected chi connectivity index (χ4v) is 1.47. The molecular formula is C10H5Cl2FN4O. The van der Waals surface area contributed by atoms with Gasteiger partial charge < -0.3 is 0 Å². The maximum Gasteiger partial charge on any atom is 0.261 e. The van der Waals surface area contributed by atoms with Crippen molar-refractivity contribution < 1.29 is 9.18 Å². The Hall–Kier alpha value is -1.79. The highest BCUT2D eigenvalue weighted by Crippen LogP contribution is 2.15. The first-order valence-electron chi connectivity index (χ1n) is 4.67. The Balaban J connectivity index is 2.24. The van der Waals surface area contributed by atoms with Crippen molar-refractivity contribution in [2.45, 2.75) is 0 Å². The number of anilines is 1. The summed E-state index contributed by atoms with van der Waals surface area (Å²) in [6.45, 7) is 0. The second-order valence-corrected chi connectivity index (χ2v) is 3.89. The summed E-state index contributed by atoms with van der Waals surface area (Å²) in [5.74, 6) is -1.35. The van der Waals surface area contributed by atoms with Crippen molar-refractivity contribution >= 4 is 35.1 Å². The van der Waals surface area contributed by atoms with Crippen LogP contribution in [0.1, 0.15) is 10.4 Å². The average Bonchev–Trinajstić information content (AvgIpc) is 2.32. The van der Waals surface area contributed by atoms with Crippen molar-refractivity contribution in [1.82, 2.24) is 15.0 Å². The van der Waals surface area contributed by atoms with Crippen molar-refractivity contribution in [2.24, 2.45) is 0 Å². The Kier molecular flexibility index (Phi) is 3.69. The molecule has 0 spiro atoms. The van der Waals surface area contributed by atoms with Gasteiger partial charge in [-0.25, -0.2) is 19.3 Å². The SMILES string of the molecule is O=C(Nc1nccc(Cl)n1)c1cc(F)cnc1Cl. The van der Waals surface area contributed by atoms with Crippen molar-refractivity contribution in [3.8, 4) is 0 Å². The molecule has 2 heterocycles. The lowest BCUT2D eigenvalue weighted by atomic mass is 10.2. The van der Waals surface area contributed by atoms with Crippen LogP contribution < -0.4 is 5.32 Å². The highest BCUT2D eigenvalue weighted by Gasteiger charge is 2.14. The number of hydrogen-bond donors (Lipinski definition) is 1.